The molecule has 1 aliphatic heterocycles. The number of carbonyl (C=O) groups excluding carboxylic acids is 1. The predicted octanol–water partition coefficient (Wildman–Crippen LogP) is 2.14. The number of amides is 1. The van der Waals surface area contributed by atoms with E-state index in [4.69, 9.17) is 0 Å². The molecule has 19 heavy (non-hydrogen) atoms. The number of carbonyl (C=O) groups is 1. The zero-order valence-electron chi connectivity index (χ0n) is 10.9. The summed E-state index contributed by atoms with van der Waals surface area (Å²) in [6.07, 6.45) is 1.81. The highest BCUT2D eigenvalue weighted by molar-refractivity contribution is 5.79. The summed E-state index contributed by atoms with van der Waals surface area (Å²) in [7, 11) is 0. The van der Waals surface area contributed by atoms with E-state index >= 15 is 0 Å². The minimum absolute atomic E-state index is 0.0697. The van der Waals surface area contributed by atoms with Gasteiger partial charge in [0.25, 0.3) is 0 Å². The van der Waals surface area contributed by atoms with Gasteiger partial charge < -0.3 is 10.6 Å². The maximum absolute atomic E-state index is 13.6. The molecule has 1 aromatic carbocycles. The second-order valence-electron chi connectivity index (χ2n) is 4.94. The highest BCUT2D eigenvalue weighted by Crippen LogP contribution is 2.19. The Bertz CT molecular complexity index is 459. The highest BCUT2D eigenvalue weighted by atomic mass is 19.1. The molecule has 3 nitrogen and oxygen atoms in total. The van der Waals surface area contributed by atoms with Crippen molar-refractivity contribution in [3.8, 4) is 0 Å². The summed E-state index contributed by atoms with van der Waals surface area (Å²) in [6, 6.07) is 2.94. The lowest BCUT2D eigenvalue weighted by Crippen LogP contribution is -2.41. The van der Waals surface area contributed by atoms with Gasteiger partial charge in [-0.2, -0.15) is 0 Å². The zero-order valence-corrected chi connectivity index (χ0v) is 10.9. The van der Waals surface area contributed by atoms with Crippen molar-refractivity contribution in [2.45, 2.75) is 25.8 Å². The molecule has 0 bridgehead atoms. The number of halogens is 2. The lowest BCUT2D eigenvalue weighted by molar-refractivity contribution is -0.126. The molecule has 1 aliphatic rings. The van der Waals surface area contributed by atoms with Crippen LogP contribution in [0, 0.1) is 17.6 Å². The quantitative estimate of drug-likeness (QED) is 0.882. The Kier molecular flexibility index (Phi) is 4.47. The number of nitrogens with one attached hydrogen (secondary N) is 2. The second-order valence-corrected chi connectivity index (χ2v) is 4.94. The lowest BCUT2D eigenvalue weighted by atomic mass is 9.98. The normalized spacial score (nSPS) is 20.9. The maximum atomic E-state index is 13.6. The summed E-state index contributed by atoms with van der Waals surface area (Å²) < 4.78 is 26.4. The predicted molar refractivity (Wildman–Crippen MR) is 68.5 cm³/mol. The van der Waals surface area contributed by atoms with Crippen molar-refractivity contribution < 1.29 is 13.6 Å². The molecule has 1 saturated heterocycles. The van der Waals surface area contributed by atoms with E-state index in [1.54, 1.807) is 6.92 Å². The first-order chi connectivity index (χ1) is 9.08. The van der Waals surface area contributed by atoms with Gasteiger partial charge in [-0.15, -0.1) is 0 Å². The van der Waals surface area contributed by atoms with Gasteiger partial charge >= 0.3 is 0 Å². The van der Waals surface area contributed by atoms with Crippen LogP contribution < -0.4 is 10.6 Å². The van der Waals surface area contributed by atoms with Crippen LogP contribution in [0.15, 0.2) is 18.2 Å². The van der Waals surface area contributed by atoms with Crippen molar-refractivity contribution in [1.29, 1.82) is 0 Å². The summed E-state index contributed by atoms with van der Waals surface area (Å²) >= 11 is 0. The summed E-state index contributed by atoms with van der Waals surface area (Å²) in [4.78, 5) is 12.0. The van der Waals surface area contributed by atoms with Crippen LogP contribution in [0.5, 0.6) is 0 Å². The Labute approximate surface area is 111 Å². The van der Waals surface area contributed by atoms with Crippen LogP contribution in [0.25, 0.3) is 0 Å². The number of hydrogen-bond donors (Lipinski definition) is 2. The van der Waals surface area contributed by atoms with Crippen LogP contribution in [0.2, 0.25) is 0 Å². The van der Waals surface area contributed by atoms with Crippen molar-refractivity contribution in [2.75, 3.05) is 13.1 Å². The van der Waals surface area contributed by atoms with Gasteiger partial charge in [-0.05, 0) is 32.4 Å². The molecule has 2 atom stereocenters. The van der Waals surface area contributed by atoms with E-state index in [-0.39, 0.29) is 11.8 Å². The van der Waals surface area contributed by atoms with Crippen molar-refractivity contribution in [3.05, 3.63) is 35.4 Å². The third kappa shape index (κ3) is 3.50. The van der Waals surface area contributed by atoms with Crippen molar-refractivity contribution >= 4 is 5.91 Å². The van der Waals surface area contributed by atoms with Crippen LogP contribution in [-0.4, -0.2) is 19.0 Å². The number of piperidine rings is 1. The van der Waals surface area contributed by atoms with E-state index in [0.29, 0.717) is 12.1 Å². The molecule has 0 spiro atoms. The third-order valence-corrected chi connectivity index (χ3v) is 3.46. The minimum atomic E-state index is -0.630. The lowest BCUT2D eigenvalue weighted by Gasteiger charge is -2.24. The van der Waals surface area contributed by atoms with E-state index in [0.717, 1.165) is 25.5 Å². The van der Waals surface area contributed by atoms with Gasteiger partial charge in [0, 0.05) is 18.2 Å². The molecule has 1 amide bonds. The molecule has 1 fully saturated rings. The first kappa shape index (κ1) is 13.9. The van der Waals surface area contributed by atoms with Crippen molar-refractivity contribution in [1.82, 2.24) is 10.6 Å². The van der Waals surface area contributed by atoms with E-state index in [1.165, 1.54) is 12.1 Å². The molecule has 0 aromatic heterocycles. The molecule has 2 rings (SSSR count). The van der Waals surface area contributed by atoms with Crippen molar-refractivity contribution in [3.63, 3.8) is 0 Å². The zero-order chi connectivity index (χ0) is 13.8. The fraction of sp³-hybridized carbons (Fsp3) is 0.500. The molecule has 2 unspecified atom stereocenters. The SMILES string of the molecule is CC(NC(=O)C1CCCNC1)c1ccc(F)cc1F. The van der Waals surface area contributed by atoms with E-state index < -0.39 is 17.7 Å². The Morgan fingerprint density at radius 2 is 2.26 bits per heavy atom. The summed E-state index contributed by atoms with van der Waals surface area (Å²) in [5.74, 6) is -1.39. The fourth-order valence-electron chi connectivity index (χ4n) is 2.34. The Balaban J connectivity index is 1.99. The van der Waals surface area contributed by atoms with Crippen LogP contribution in [0.3, 0.4) is 0 Å². The standard InChI is InChI=1S/C14H18F2N2O/c1-9(12-5-4-11(15)7-13(12)16)18-14(19)10-3-2-6-17-8-10/h4-5,7,9-10,17H,2-3,6,8H2,1H3,(H,18,19). The van der Waals surface area contributed by atoms with Crippen molar-refractivity contribution in [2.24, 2.45) is 5.92 Å². The van der Waals surface area contributed by atoms with Gasteiger partial charge in [-0.1, -0.05) is 6.07 Å². The number of benzene rings is 1. The molecule has 104 valence electrons. The average molecular weight is 268 g/mol. The maximum Gasteiger partial charge on any atom is 0.224 e. The van der Waals surface area contributed by atoms with E-state index in [9.17, 15) is 13.6 Å². The van der Waals surface area contributed by atoms with Gasteiger partial charge in [0.15, 0.2) is 0 Å². The molecule has 5 heteroatoms. The van der Waals surface area contributed by atoms with Crippen LogP contribution >= 0.6 is 0 Å². The molecular formula is C14H18F2N2O. The van der Waals surface area contributed by atoms with Gasteiger partial charge in [-0.25, -0.2) is 8.78 Å². The third-order valence-electron chi connectivity index (χ3n) is 3.46. The van der Waals surface area contributed by atoms with E-state index in [1.807, 2.05) is 0 Å². The van der Waals surface area contributed by atoms with Gasteiger partial charge in [0.05, 0.1) is 12.0 Å². The number of hydrogen-bond acceptors (Lipinski definition) is 2. The van der Waals surface area contributed by atoms with Crippen LogP contribution in [0.4, 0.5) is 8.78 Å². The molecule has 0 radical (unpaired) electrons. The van der Waals surface area contributed by atoms with Gasteiger partial charge in [0.2, 0.25) is 5.91 Å². The Morgan fingerprint density at radius 3 is 2.89 bits per heavy atom. The van der Waals surface area contributed by atoms with E-state index in [2.05, 4.69) is 10.6 Å². The molecule has 2 N–H and O–H groups in total. The molecule has 0 aliphatic carbocycles. The number of rotatable bonds is 3. The Morgan fingerprint density at radius 1 is 1.47 bits per heavy atom. The van der Waals surface area contributed by atoms with Crippen LogP contribution in [0.1, 0.15) is 31.4 Å². The first-order valence-corrected chi connectivity index (χ1v) is 6.54. The largest absolute Gasteiger partial charge is 0.349 e. The summed E-state index contributed by atoms with van der Waals surface area (Å²) in [5, 5.41) is 5.95. The fourth-order valence-corrected chi connectivity index (χ4v) is 2.34. The monoisotopic (exact) mass is 268 g/mol. The molecule has 1 aromatic rings. The van der Waals surface area contributed by atoms with Gasteiger partial charge in [0.1, 0.15) is 11.6 Å². The average Bonchev–Trinajstić information content (AvgIpc) is 2.39. The summed E-state index contributed by atoms with van der Waals surface area (Å²) in [5.41, 5.74) is 0.304. The Hall–Kier alpha value is -1.49. The topological polar surface area (TPSA) is 41.1 Å². The molecular weight excluding hydrogens is 250 g/mol. The van der Waals surface area contributed by atoms with Crippen LogP contribution in [-0.2, 0) is 4.79 Å². The smallest absolute Gasteiger partial charge is 0.224 e. The highest BCUT2D eigenvalue weighted by Gasteiger charge is 2.23. The molecule has 0 saturated carbocycles. The first-order valence-electron chi connectivity index (χ1n) is 6.54. The molecule has 1 heterocycles. The van der Waals surface area contributed by atoms with Gasteiger partial charge in [-0.3, -0.25) is 4.79 Å². The summed E-state index contributed by atoms with van der Waals surface area (Å²) in [6.45, 7) is 3.29. The second kappa shape index (κ2) is 6.10. The minimum Gasteiger partial charge on any atom is -0.349 e.